The first-order chi connectivity index (χ1) is 7.99. The van der Waals surface area contributed by atoms with Gasteiger partial charge in [0.05, 0.1) is 18.4 Å². The summed E-state index contributed by atoms with van der Waals surface area (Å²) in [4.78, 5) is 0. The minimum absolute atomic E-state index is 0.118. The third-order valence-electron chi connectivity index (χ3n) is 3.47. The monoisotopic (exact) mass is 248 g/mol. The molecule has 0 aliphatic heterocycles. The summed E-state index contributed by atoms with van der Waals surface area (Å²) < 4.78 is 38.5. The SMILES string of the molecule is CCC(CC#N)NC1CCCCC1C(F)(F)F. The van der Waals surface area contributed by atoms with Gasteiger partial charge in [-0.1, -0.05) is 19.8 Å². The number of halogens is 3. The highest BCUT2D eigenvalue weighted by molar-refractivity contribution is 4.89. The third kappa shape index (κ3) is 4.19. The number of hydrogen-bond acceptors (Lipinski definition) is 2. The van der Waals surface area contributed by atoms with Crippen LogP contribution in [0.5, 0.6) is 0 Å². The molecule has 1 aliphatic rings. The lowest BCUT2D eigenvalue weighted by atomic mass is 9.83. The van der Waals surface area contributed by atoms with Crippen molar-refractivity contribution in [3.8, 4) is 6.07 Å². The lowest BCUT2D eigenvalue weighted by molar-refractivity contribution is -0.189. The highest BCUT2D eigenvalue weighted by Gasteiger charge is 2.45. The Kier molecular flexibility index (Phi) is 5.26. The zero-order valence-electron chi connectivity index (χ0n) is 10.1. The summed E-state index contributed by atoms with van der Waals surface area (Å²) in [5.41, 5.74) is 0. The summed E-state index contributed by atoms with van der Waals surface area (Å²) in [6.07, 6.45) is -0.893. The Labute approximate surface area is 100 Å². The van der Waals surface area contributed by atoms with Gasteiger partial charge in [0.25, 0.3) is 0 Å². The molecule has 0 bridgehead atoms. The molecule has 1 aliphatic carbocycles. The van der Waals surface area contributed by atoms with Crippen LogP contribution in [0.2, 0.25) is 0 Å². The van der Waals surface area contributed by atoms with Crippen LogP contribution in [0.1, 0.15) is 45.4 Å². The van der Waals surface area contributed by atoms with Crippen molar-refractivity contribution in [3.05, 3.63) is 0 Å². The number of rotatable bonds is 4. The van der Waals surface area contributed by atoms with Crippen molar-refractivity contribution in [2.24, 2.45) is 5.92 Å². The first-order valence-corrected chi connectivity index (χ1v) is 6.18. The summed E-state index contributed by atoms with van der Waals surface area (Å²) in [7, 11) is 0. The Balaban J connectivity index is 2.62. The van der Waals surface area contributed by atoms with Crippen LogP contribution in [0.4, 0.5) is 13.2 Å². The Morgan fingerprint density at radius 2 is 2.00 bits per heavy atom. The molecule has 98 valence electrons. The van der Waals surface area contributed by atoms with E-state index in [1.807, 2.05) is 13.0 Å². The van der Waals surface area contributed by atoms with Gasteiger partial charge in [0.2, 0.25) is 0 Å². The van der Waals surface area contributed by atoms with Crippen LogP contribution in [0.25, 0.3) is 0 Å². The number of alkyl halides is 3. The topological polar surface area (TPSA) is 35.8 Å². The van der Waals surface area contributed by atoms with Gasteiger partial charge in [0.1, 0.15) is 0 Å². The largest absolute Gasteiger partial charge is 0.393 e. The van der Waals surface area contributed by atoms with Crippen LogP contribution < -0.4 is 5.32 Å². The standard InChI is InChI=1S/C12H19F3N2/c1-2-9(7-8-16)17-11-6-4-3-5-10(11)12(13,14)15/h9-11,17H,2-7H2,1H3. The molecule has 1 saturated carbocycles. The van der Waals surface area contributed by atoms with E-state index in [4.69, 9.17) is 5.26 Å². The van der Waals surface area contributed by atoms with Crippen LogP contribution in [-0.4, -0.2) is 18.3 Å². The minimum Gasteiger partial charge on any atom is -0.310 e. The van der Waals surface area contributed by atoms with E-state index in [1.54, 1.807) is 0 Å². The second-order valence-corrected chi connectivity index (χ2v) is 4.67. The van der Waals surface area contributed by atoms with Crippen molar-refractivity contribution in [3.63, 3.8) is 0 Å². The molecule has 1 rings (SSSR count). The van der Waals surface area contributed by atoms with Gasteiger partial charge in [-0.25, -0.2) is 0 Å². The average molecular weight is 248 g/mol. The zero-order valence-corrected chi connectivity index (χ0v) is 10.1. The van der Waals surface area contributed by atoms with Crippen LogP contribution in [-0.2, 0) is 0 Å². The summed E-state index contributed by atoms with van der Waals surface area (Å²) in [5.74, 6) is -1.25. The van der Waals surface area contributed by atoms with Gasteiger partial charge in [-0.15, -0.1) is 0 Å². The molecule has 0 heterocycles. The molecular formula is C12H19F3N2. The molecule has 0 aromatic rings. The maximum absolute atomic E-state index is 12.8. The number of nitriles is 1. The molecule has 17 heavy (non-hydrogen) atoms. The van der Waals surface area contributed by atoms with E-state index in [9.17, 15) is 13.2 Å². The summed E-state index contributed by atoms with van der Waals surface area (Å²) in [6.45, 7) is 1.89. The van der Waals surface area contributed by atoms with E-state index in [2.05, 4.69) is 5.32 Å². The predicted molar refractivity (Wildman–Crippen MR) is 59.2 cm³/mol. The van der Waals surface area contributed by atoms with E-state index in [0.717, 1.165) is 6.42 Å². The molecule has 1 N–H and O–H groups in total. The minimum atomic E-state index is -4.12. The molecule has 5 heteroatoms. The molecule has 1 fully saturated rings. The molecule has 0 amide bonds. The van der Waals surface area contributed by atoms with Gasteiger partial charge in [-0.05, 0) is 19.3 Å². The summed E-state index contributed by atoms with van der Waals surface area (Å²) in [6, 6.07) is 1.39. The second kappa shape index (κ2) is 6.25. The van der Waals surface area contributed by atoms with E-state index < -0.39 is 18.1 Å². The molecule has 0 aromatic heterocycles. The lowest BCUT2D eigenvalue weighted by Gasteiger charge is -2.35. The molecule has 0 aromatic carbocycles. The van der Waals surface area contributed by atoms with Gasteiger partial charge in [-0.2, -0.15) is 18.4 Å². The van der Waals surface area contributed by atoms with Gasteiger partial charge in [0, 0.05) is 12.1 Å². The fourth-order valence-electron chi connectivity index (χ4n) is 2.46. The number of nitrogens with one attached hydrogen (secondary N) is 1. The Morgan fingerprint density at radius 1 is 1.35 bits per heavy atom. The number of nitrogens with zero attached hydrogens (tertiary/aromatic N) is 1. The van der Waals surface area contributed by atoms with Crippen molar-refractivity contribution in [2.75, 3.05) is 0 Å². The van der Waals surface area contributed by atoms with Gasteiger partial charge >= 0.3 is 6.18 Å². The fraction of sp³-hybridized carbons (Fsp3) is 0.917. The van der Waals surface area contributed by atoms with Gasteiger partial charge in [0.15, 0.2) is 0 Å². The third-order valence-corrected chi connectivity index (χ3v) is 3.47. The molecule has 2 nitrogen and oxygen atoms in total. The Bertz CT molecular complexity index is 270. The second-order valence-electron chi connectivity index (χ2n) is 4.67. The Morgan fingerprint density at radius 3 is 2.53 bits per heavy atom. The molecule has 0 saturated heterocycles. The van der Waals surface area contributed by atoms with Crippen LogP contribution in [0, 0.1) is 17.2 Å². The lowest BCUT2D eigenvalue weighted by Crippen LogP contribution is -2.49. The first-order valence-electron chi connectivity index (χ1n) is 6.18. The molecule has 3 atom stereocenters. The molecule has 3 unspecified atom stereocenters. The van der Waals surface area contributed by atoms with E-state index >= 15 is 0 Å². The Hall–Kier alpha value is -0.760. The predicted octanol–water partition coefficient (Wildman–Crippen LogP) is 3.39. The van der Waals surface area contributed by atoms with Gasteiger partial charge in [-0.3, -0.25) is 0 Å². The molecule has 0 spiro atoms. The zero-order chi connectivity index (χ0) is 12.9. The summed E-state index contributed by atoms with van der Waals surface area (Å²) >= 11 is 0. The van der Waals surface area contributed by atoms with Crippen molar-refractivity contribution < 1.29 is 13.2 Å². The smallest absolute Gasteiger partial charge is 0.310 e. The average Bonchev–Trinajstić information content (AvgIpc) is 2.27. The quantitative estimate of drug-likeness (QED) is 0.827. The molecular weight excluding hydrogens is 229 g/mol. The maximum atomic E-state index is 12.8. The van der Waals surface area contributed by atoms with Crippen LogP contribution in [0.15, 0.2) is 0 Å². The highest BCUT2D eigenvalue weighted by atomic mass is 19.4. The fourth-order valence-corrected chi connectivity index (χ4v) is 2.46. The summed E-state index contributed by atoms with van der Waals surface area (Å²) in [5, 5.41) is 11.6. The van der Waals surface area contributed by atoms with E-state index in [-0.39, 0.29) is 18.9 Å². The van der Waals surface area contributed by atoms with Crippen molar-refractivity contribution in [2.45, 2.75) is 63.7 Å². The van der Waals surface area contributed by atoms with Crippen molar-refractivity contribution in [1.82, 2.24) is 5.32 Å². The van der Waals surface area contributed by atoms with Crippen molar-refractivity contribution in [1.29, 1.82) is 5.26 Å². The van der Waals surface area contributed by atoms with Crippen LogP contribution in [0.3, 0.4) is 0 Å². The van der Waals surface area contributed by atoms with Crippen molar-refractivity contribution >= 4 is 0 Å². The highest BCUT2D eigenvalue weighted by Crippen LogP contribution is 2.38. The van der Waals surface area contributed by atoms with E-state index in [1.165, 1.54) is 0 Å². The van der Waals surface area contributed by atoms with Gasteiger partial charge < -0.3 is 5.32 Å². The van der Waals surface area contributed by atoms with Crippen LogP contribution >= 0.6 is 0 Å². The first kappa shape index (κ1) is 14.3. The maximum Gasteiger partial charge on any atom is 0.393 e. The van der Waals surface area contributed by atoms with E-state index in [0.29, 0.717) is 19.3 Å². The number of hydrogen-bond donors (Lipinski definition) is 1. The molecule has 0 radical (unpaired) electrons. The normalized spacial score (nSPS) is 27.5.